The van der Waals surface area contributed by atoms with Crippen LogP contribution in [0.3, 0.4) is 0 Å². The molecule has 1 atom stereocenters. The van der Waals surface area contributed by atoms with Crippen molar-refractivity contribution >= 4 is 17.7 Å². The van der Waals surface area contributed by atoms with Gasteiger partial charge in [-0.1, -0.05) is 60.3 Å². The van der Waals surface area contributed by atoms with E-state index in [0.29, 0.717) is 11.0 Å². The number of nitrogens with two attached hydrogens (primary N) is 1. The number of hydrogen-bond acceptors (Lipinski definition) is 6. The van der Waals surface area contributed by atoms with Gasteiger partial charge in [0.05, 0.1) is 0 Å². The highest BCUT2D eigenvalue weighted by molar-refractivity contribution is 8.00. The summed E-state index contributed by atoms with van der Waals surface area (Å²) < 4.78 is 7.36. The number of nitrogens with one attached hydrogen (secondary N) is 1. The predicted octanol–water partition coefficient (Wildman–Crippen LogP) is 3.30. The topological polar surface area (TPSA) is 95.1 Å². The summed E-state index contributed by atoms with van der Waals surface area (Å²) in [7, 11) is 0. The van der Waals surface area contributed by atoms with Crippen LogP contribution in [0.4, 0.5) is 0 Å². The predicted molar refractivity (Wildman–Crippen MR) is 117 cm³/mol. The van der Waals surface area contributed by atoms with Gasteiger partial charge >= 0.3 is 0 Å². The fraction of sp³-hybridized carbons (Fsp3) is 0.318. The minimum absolute atomic E-state index is 0.0370. The second kappa shape index (κ2) is 8.79. The van der Waals surface area contributed by atoms with Crippen molar-refractivity contribution in [2.75, 3.05) is 5.84 Å². The Morgan fingerprint density at radius 1 is 1.17 bits per heavy atom. The molecule has 30 heavy (non-hydrogen) atoms. The van der Waals surface area contributed by atoms with Crippen LogP contribution in [0.15, 0.2) is 53.7 Å². The first kappa shape index (κ1) is 20.3. The molecular formula is C22H25N5O2S. The minimum Gasteiger partial charge on any atom is -0.485 e. The normalized spacial score (nSPS) is 14.3. The largest absolute Gasteiger partial charge is 0.485 e. The molecule has 7 nitrogen and oxygen atoms in total. The van der Waals surface area contributed by atoms with Crippen LogP contribution in [0, 0.1) is 13.8 Å². The number of aryl methyl sites for hydroxylation is 2. The molecule has 1 heterocycles. The van der Waals surface area contributed by atoms with Gasteiger partial charge in [0.15, 0.2) is 5.82 Å². The average Bonchev–Trinajstić information content (AvgIpc) is 3.49. The lowest BCUT2D eigenvalue weighted by molar-refractivity contribution is -0.120. The number of nitrogen functional groups attached to an aromatic ring is 1. The summed E-state index contributed by atoms with van der Waals surface area (Å²) in [4.78, 5) is 12.8. The van der Waals surface area contributed by atoms with Crippen LogP contribution < -0.4 is 15.9 Å². The number of nitrogens with zero attached hydrogens (tertiary/aromatic N) is 3. The maximum absolute atomic E-state index is 12.8. The van der Waals surface area contributed by atoms with E-state index in [0.717, 1.165) is 35.3 Å². The standard InChI is InChI=1S/C22H25N5O2S/c1-14-7-6-8-15(2)19(14)29-13-18-25-26-22(27(18)23)30-20(16-9-4-3-5-10-16)21(28)24-17-11-12-17/h3-10,17,20H,11-13,23H2,1-2H3,(H,24,28)/t20-/m0/s1. The third-order valence-corrected chi connectivity index (χ3v) is 6.19. The van der Waals surface area contributed by atoms with E-state index in [1.165, 1.54) is 16.4 Å². The zero-order chi connectivity index (χ0) is 21.1. The van der Waals surface area contributed by atoms with Crippen molar-refractivity contribution < 1.29 is 9.53 Å². The van der Waals surface area contributed by atoms with E-state index >= 15 is 0 Å². The van der Waals surface area contributed by atoms with Gasteiger partial charge in [-0.25, -0.2) is 4.68 Å². The zero-order valence-corrected chi connectivity index (χ0v) is 17.9. The number of benzene rings is 2. The van der Waals surface area contributed by atoms with Gasteiger partial charge in [0, 0.05) is 6.04 Å². The number of hydrogen-bond donors (Lipinski definition) is 2. The van der Waals surface area contributed by atoms with Crippen LogP contribution in [0.5, 0.6) is 5.75 Å². The summed E-state index contributed by atoms with van der Waals surface area (Å²) in [5.74, 6) is 7.52. The molecule has 2 aromatic carbocycles. The first-order valence-corrected chi connectivity index (χ1v) is 10.8. The van der Waals surface area contributed by atoms with Crippen LogP contribution in [0.25, 0.3) is 0 Å². The van der Waals surface area contributed by atoms with Gasteiger partial charge < -0.3 is 15.9 Å². The van der Waals surface area contributed by atoms with Gasteiger partial charge in [-0.2, -0.15) is 0 Å². The lowest BCUT2D eigenvalue weighted by Gasteiger charge is -2.16. The number of rotatable bonds is 8. The molecule has 1 saturated carbocycles. The SMILES string of the molecule is Cc1cccc(C)c1OCc1nnc(S[C@H](C(=O)NC2CC2)c2ccccc2)n1N. The van der Waals surface area contributed by atoms with E-state index in [-0.39, 0.29) is 18.6 Å². The Hall–Kier alpha value is -3.00. The summed E-state index contributed by atoms with van der Waals surface area (Å²) in [5.41, 5.74) is 3.00. The molecule has 1 aliphatic carbocycles. The Labute approximate surface area is 180 Å². The zero-order valence-electron chi connectivity index (χ0n) is 17.0. The first-order valence-electron chi connectivity index (χ1n) is 9.93. The van der Waals surface area contributed by atoms with Crippen molar-refractivity contribution in [3.05, 3.63) is 71.0 Å². The molecule has 4 rings (SSSR count). The molecule has 0 bridgehead atoms. The quantitative estimate of drug-likeness (QED) is 0.426. The molecule has 0 spiro atoms. The Morgan fingerprint density at radius 3 is 2.53 bits per heavy atom. The second-order valence-corrected chi connectivity index (χ2v) is 8.54. The van der Waals surface area contributed by atoms with E-state index in [2.05, 4.69) is 15.5 Å². The molecule has 1 aromatic heterocycles. The molecule has 1 amide bonds. The second-order valence-electron chi connectivity index (χ2n) is 7.47. The average molecular weight is 424 g/mol. The molecule has 3 aromatic rings. The van der Waals surface area contributed by atoms with E-state index in [1.807, 2.05) is 62.4 Å². The first-order chi connectivity index (χ1) is 14.5. The molecule has 0 radical (unpaired) electrons. The molecule has 3 N–H and O–H groups in total. The molecular weight excluding hydrogens is 398 g/mol. The fourth-order valence-corrected chi connectivity index (χ4v) is 4.15. The van der Waals surface area contributed by atoms with Crippen molar-refractivity contribution in [1.29, 1.82) is 0 Å². The van der Waals surface area contributed by atoms with Crippen molar-refractivity contribution in [3.8, 4) is 5.75 Å². The lowest BCUT2D eigenvalue weighted by atomic mass is 10.1. The number of aromatic nitrogens is 3. The monoisotopic (exact) mass is 423 g/mol. The van der Waals surface area contributed by atoms with E-state index in [1.54, 1.807) is 0 Å². The highest BCUT2D eigenvalue weighted by atomic mass is 32.2. The number of thioether (sulfide) groups is 1. The maximum Gasteiger partial charge on any atom is 0.238 e. The van der Waals surface area contributed by atoms with Gasteiger partial charge in [0.25, 0.3) is 0 Å². The van der Waals surface area contributed by atoms with E-state index in [4.69, 9.17) is 10.6 Å². The number of carbonyl (C=O) groups excluding carboxylic acids is 1. The molecule has 1 aliphatic rings. The Morgan fingerprint density at radius 2 is 1.87 bits per heavy atom. The minimum atomic E-state index is -0.453. The molecule has 156 valence electrons. The molecule has 0 aliphatic heterocycles. The van der Waals surface area contributed by atoms with Crippen molar-refractivity contribution in [1.82, 2.24) is 20.2 Å². The fourth-order valence-electron chi connectivity index (χ4n) is 3.16. The number of para-hydroxylation sites is 1. The molecule has 1 fully saturated rings. The van der Waals surface area contributed by atoms with Crippen LogP contribution in [-0.2, 0) is 11.4 Å². The van der Waals surface area contributed by atoms with Crippen molar-refractivity contribution in [2.24, 2.45) is 0 Å². The van der Waals surface area contributed by atoms with E-state index < -0.39 is 5.25 Å². The van der Waals surface area contributed by atoms with Crippen LogP contribution in [0.2, 0.25) is 0 Å². The smallest absolute Gasteiger partial charge is 0.238 e. The summed E-state index contributed by atoms with van der Waals surface area (Å²) in [5, 5.41) is 11.5. The highest BCUT2D eigenvalue weighted by Crippen LogP contribution is 2.35. The summed E-state index contributed by atoms with van der Waals surface area (Å²) >= 11 is 1.29. The van der Waals surface area contributed by atoms with Gasteiger partial charge in [-0.3, -0.25) is 4.79 Å². The van der Waals surface area contributed by atoms with Crippen LogP contribution in [0.1, 0.15) is 40.6 Å². The van der Waals surface area contributed by atoms with Gasteiger partial charge in [-0.05, 0) is 43.4 Å². The van der Waals surface area contributed by atoms with Gasteiger partial charge in [0.1, 0.15) is 17.6 Å². The third-order valence-electron chi connectivity index (χ3n) is 4.98. The van der Waals surface area contributed by atoms with Crippen LogP contribution in [-0.4, -0.2) is 26.8 Å². The Kier molecular flexibility index (Phi) is 5.94. The van der Waals surface area contributed by atoms with Gasteiger partial charge in [-0.15, -0.1) is 10.2 Å². The summed E-state index contributed by atoms with van der Waals surface area (Å²) in [6, 6.07) is 15.9. The van der Waals surface area contributed by atoms with Gasteiger partial charge in [0.2, 0.25) is 11.1 Å². The van der Waals surface area contributed by atoms with E-state index in [9.17, 15) is 4.79 Å². The van der Waals surface area contributed by atoms with Crippen LogP contribution >= 0.6 is 11.8 Å². The molecule has 8 heteroatoms. The Bertz CT molecular complexity index is 1010. The lowest BCUT2D eigenvalue weighted by Crippen LogP contribution is -2.30. The maximum atomic E-state index is 12.8. The third kappa shape index (κ3) is 4.59. The highest BCUT2D eigenvalue weighted by Gasteiger charge is 2.30. The Balaban J connectivity index is 1.50. The number of ether oxygens (including phenoxy) is 1. The summed E-state index contributed by atoms with van der Waals surface area (Å²) in [6.07, 6.45) is 2.07. The molecule has 0 unspecified atom stereocenters. The number of carbonyl (C=O) groups is 1. The van der Waals surface area contributed by atoms with Crippen molar-refractivity contribution in [3.63, 3.8) is 0 Å². The molecule has 0 saturated heterocycles. The van der Waals surface area contributed by atoms with Crippen molar-refractivity contribution in [2.45, 2.75) is 49.7 Å². The summed E-state index contributed by atoms with van der Waals surface area (Å²) in [6.45, 7) is 4.19. The number of amides is 1.